The van der Waals surface area contributed by atoms with Crippen molar-refractivity contribution >= 4 is 10.9 Å². The van der Waals surface area contributed by atoms with Gasteiger partial charge in [0.15, 0.2) is 0 Å². The number of nitrogens with one attached hydrogen (secondary N) is 1. The maximum absolute atomic E-state index is 13.4. The van der Waals surface area contributed by atoms with E-state index in [9.17, 15) is 13.9 Å². The van der Waals surface area contributed by atoms with Gasteiger partial charge in [-0.3, -0.25) is 0 Å². The van der Waals surface area contributed by atoms with Crippen molar-refractivity contribution < 1.29 is 13.9 Å². The lowest BCUT2D eigenvalue weighted by molar-refractivity contribution is 0.181. The Hall–Kier alpha value is -1.42. The summed E-state index contributed by atoms with van der Waals surface area (Å²) in [4.78, 5) is 2.90. The molecule has 2 aromatic rings. The van der Waals surface area contributed by atoms with Gasteiger partial charge in [-0.15, -0.1) is 0 Å². The summed E-state index contributed by atoms with van der Waals surface area (Å²) in [6.07, 6.45) is 0.705. The molecule has 0 amide bonds. The van der Waals surface area contributed by atoms with Crippen LogP contribution in [0.4, 0.5) is 8.78 Å². The molecule has 1 aliphatic rings. The summed E-state index contributed by atoms with van der Waals surface area (Å²) in [6.45, 7) is 0. The number of fused-ring (bicyclic) bond motifs is 3. The summed E-state index contributed by atoms with van der Waals surface area (Å²) in [6, 6.07) is 2.11. The Bertz CT molecular complexity index is 547. The molecular weight excluding hydrogens is 200 g/mol. The van der Waals surface area contributed by atoms with Crippen molar-refractivity contribution in [2.24, 2.45) is 0 Å². The second-order valence-corrected chi connectivity index (χ2v) is 3.88. The van der Waals surface area contributed by atoms with E-state index in [1.165, 1.54) is 6.07 Å². The first-order valence-corrected chi connectivity index (χ1v) is 4.84. The Morgan fingerprint density at radius 2 is 2.13 bits per heavy atom. The highest BCUT2D eigenvalue weighted by atomic mass is 19.1. The lowest BCUT2D eigenvalue weighted by atomic mass is 10.1. The van der Waals surface area contributed by atoms with Crippen LogP contribution < -0.4 is 0 Å². The Kier molecular flexibility index (Phi) is 1.65. The minimum absolute atomic E-state index is 0.292. The van der Waals surface area contributed by atoms with Gasteiger partial charge in [-0.1, -0.05) is 0 Å². The lowest BCUT2D eigenvalue weighted by Gasteiger charge is -2.02. The Morgan fingerprint density at radius 1 is 1.33 bits per heavy atom. The van der Waals surface area contributed by atoms with Crippen LogP contribution in [0.5, 0.6) is 0 Å². The largest absolute Gasteiger partial charge is 0.388 e. The van der Waals surface area contributed by atoms with Crippen molar-refractivity contribution in [1.82, 2.24) is 4.98 Å². The van der Waals surface area contributed by atoms with Gasteiger partial charge in [-0.05, 0) is 18.9 Å². The molecule has 1 heterocycles. The predicted octanol–water partition coefficient (Wildman–Crippen LogP) is 2.43. The van der Waals surface area contributed by atoms with Crippen LogP contribution in [-0.2, 0) is 6.42 Å². The van der Waals surface area contributed by atoms with E-state index in [0.29, 0.717) is 29.3 Å². The maximum atomic E-state index is 13.4. The molecule has 1 aromatic carbocycles. The van der Waals surface area contributed by atoms with Crippen LogP contribution in [0.25, 0.3) is 10.9 Å². The van der Waals surface area contributed by atoms with Gasteiger partial charge in [0.1, 0.15) is 11.6 Å². The number of aryl methyl sites for hydroxylation is 1. The van der Waals surface area contributed by atoms with Gasteiger partial charge < -0.3 is 10.1 Å². The molecule has 78 valence electrons. The Morgan fingerprint density at radius 3 is 2.93 bits per heavy atom. The number of rotatable bonds is 0. The molecule has 0 saturated heterocycles. The van der Waals surface area contributed by atoms with E-state index in [-0.39, 0.29) is 0 Å². The fourth-order valence-corrected chi connectivity index (χ4v) is 2.30. The van der Waals surface area contributed by atoms with Crippen molar-refractivity contribution in [1.29, 1.82) is 0 Å². The van der Waals surface area contributed by atoms with Crippen LogP contribution in [0.1, 0.15) is 23.8 Å². The minimum atomic E-state index is -0.610. The van der Waals surface area contributed by atoms with Gasteiger partial charge in [0, 0.05) is 22.7 Å². The van der Waals surface area contributed by atoms with E-state index in [2.05, 4.69) is 4.98 Å². The van der Waals surface area contributed by atoms with E-state index in [4.69, 9.17) is 0 Å². The first kappa shape index (κ1) is 8.85. The number of benzene rings is 1. The van der Waals surface area contributed by atoms with Crippen LogP contribution in [-0.4, -0.2) is 10.1 Å². The summed E-state index contributed by atoms with van der Waals surface area (Å²) in [5, 5.41) is 10.2. The van der Waals surface area contributed by atoms with E-state index in [1.54, 1.807) is 0 Å². The zero-order valence-corrected chi connectivity index (χ0v) is 7.85. The number of H-pyrrole nitrogens is 1. The average Bonchev–Trinajstić information content (AvgIpc) is 2.68. The molecule has 0 bridgehead atoms. The monoisotopic (exact) mass is 209 g/mol. The molecule has 1 aliphatic carbocycles. The highest BCUT2D eigenvalue weighted by Gasteiger charge is 2.26. The normalized spacial score (nSPS) is 19.8. The standard InChI is InChI=1S/C11H9F2NO/c12-5-3-6-10-8(1-2-9(10)15)14-11(6)7(13)4-5/h3-4,9,14-15H,1-2H2. The fourth-order valence-electron chi connectivity index (χ4n) is 2.30. The van der Waals surface area contributed by atoms with Crippen molar-refractivity contribution in [3.8, 4) is 0 Å². The number of aromatic amines is 1. The zero-order chi connectivity index (χ0) is 10.6. The van der Waals surface area contributed by atoms with Gasteiger partial charge in [0.25, 0.3) is 0 Å². The van der Waals surface area contributed by atoms with Crippen LogP contribution >= 0.6 is 0 Å². The molecule has 0 spiro atoms. The number of aliphatic hydroxyl groups excluding tert-OH is 1. The first-order chi connectivity index (χ1) is 7.16. The number of hydrogen-bond acceptors (Lipinski definition) is 1. The molecule has 1 atom stereocenters. The Balaban J connectivity index is 2.41. The predicted molar refractivity (Wildman–Crippen MR) is 51.5 cm³/mol. The van der Waals surface area contributed by atoms with Gasteiger partial charge in [-0.25, -0.2) is 8.78 Å². The highest BCUT2D eigenvalue weighted by Crippen LogP contribution is 2.37. The molecule has 0 fully saturated rings. The summed E-state index contributed by atoms with van der Waals surface area (Å²) in [7, 11) is 0. The summed E-state index contributed by atoms with van der Waals surface area (Å²) in [5.41, 5.74) is 1.77. The quantitative estimate of drug-likeness (QED) is 0.686. The summed E-state index contributed by atoms with van der Waals surface area (Å²) < 4.78 is 26.4. The second-order valence-electron chi connectivity index (χ2n) is 3.88. The SMILES string of the molecule is OC1CCc2[nH]c3c(F)cc(F)cc3c21. The highest BCUT2D eigenvalue weighted by molar-refractivity contribution is 5.86. The first-order valence-electron chi connectivity index (χ1n) is 4.84. The van der Waals surface area contributed by atoms with Gasteiger partial charge in [0.2, 0.25) is 0 Å². The van der Waals surface area contributed by atoms with Crippen molar-refractivity contribution in [3.63, 3.8) is 0 Å². The lowest BCUT2D eigenvalue weighted by Crippen LogP contribution is -1.90. The molecule has 4 heteroatoms. The number of aliphatic hydroxyl groups is 1. The van der Waals surface area contributed by atoms with E-state index in [0.717, 1.165) is 11.8 Å². The van der Waals surface area contributed by atoms with Crippen molar-refractivity contribution in [2.75, 3.05) is 0 Å². The van der Waals surface area contributed by atoms with Crippen LogP contribution in [0.15, 0.2) is 12.1 Å². The molecule has 2 nitrogen and oxygen atoms in total. The second kappa shape index (κ2) is 2.79. The molecule has 1 aromatic heterocycles. The third kappa shape index (κ3) is 1.11. The summed E-state index contributed by atoms with van der Waals surface area (Å²) in [5.74, 6) is -1.22. The number of halogens is 2. The van der Waals surface area contributed by atoms with Crippen molar-refractivity contribution in [3.05, 3.63) is 35.0 Å². The number of aromatic nitrogens is 1. The zero-order valence-electron chi connectivity index (χ0n) is 7.85. The minimum Gasteiger partial charge on any atom is -0.388 e. The molecule has 1 unspecified atom stereocenters. The van der Waals surface area contributed by atoms with Crippen molar-refractivity contribution in [2.45, 2.75) is 18.9 Å². The van der Waals surface area contributed by atoms with Crippen LogP contribution in [0.2, 0.25) is 0 Å². The molecular formula is C11H9F2NO. The number of hydrogen-bond donors (Lipinski definition) is 2. The van der Waals surface area contributed by atoms with Crippen LogP contribution in [0.3, 0.4) is 0 Å². The van der Waals surface area contributed by atoms with E-state index < -0.39 is 17.7 Å². The van der Waals surface area contributed by atoms with E-state index >= 15 is 0 Å². The third-order valence-corrected chi connectivity index (χ3v) is 2.95. The molecule has 2 N–H and O–H groups in total. The molecule has 0 saturated carbocycles. The Labute approximate surface area is 84.5 Å². The smallest absolute Gasteiger partial charge is 0.150 e. The van der Waals surface area contributed by atoms with Gasteiger partial charge in [-0.2, -0.15) is 0 Å². The van der Waals surface area contributed by atoms with Crippen LogP contribution in [0, 0.1) is 11.6 Å². The van der Waals surface area contributed by atoms with Gasteiger partial charge in [0.05, 0.1) is 11.6 Å². The summed E-state index contributed by atoms with van der Waals surface area (Å²) >= 11 is 0. The maximum Gasteiger partial charge on any atom is 0.150 e. The molecule has 3 rings (SSSR count). The molecule has 15 heavy (non-hydrogen) atoms. The fraction of sp³-hybridized carbons (Fsp3) is 0.273. The molecule has 0 aliphatic heterocycles. The molecule has 0 radical (unpaired) electrons. The third-order valence-electron chi connectivity index (χ3n) is 2.95. The average molecular weight is 209 g/mol. The van der Waals surface area contributed by atoms with Gasteiger partial charge >= 0.3 is 0 Å². The van der Waals surface area contributed by atoms with E-state index in [1.807, 2.05) is 0 Å². The topological polar surface area (TPSA) is 36.0 Å².